The molecule has 3 N–H and O–H groups in total. The first-order valence-electron chi connectivity index (χ1n) is 37.1. The molecule has 0 radical (unpaired) electrons. The van der Waals surface area contributed by atoms with Crippen LogP contribution in [0, 0.1) is 5.92 Å². The lowest BCUT2D eigenvalue weighted by atomic mass is 10.0. The van der Waals surface area contributed by atoms with Crippen LogP contribution in [0.5, 0.6) is 0 Å². The molecular weight excluding hydrogens is 1190 g/mol. The lowest BCUT2D eigenvalue weighted by molar-refractivity contribution is -0.161. The number of aliphatic hydroxyl groups excluding tert-OH is 1. The maximum Gasteiger partial charge on any atom is 0.472 e. The molecule has 0 rings (SSSR count). The van der Waals surface area contributed by atoms with E-state index in [1.54, 1.807) is 0 Å². The van der Waals surface area contributed by atoms with E-state index >= 15 is 0 Å². The molecular formula is C71H138O17P2. The van der Waals surface area contributed by atoms with E-state index in [-0.39, 0.29) is 25.7 Å². The molecule has 19 heteroatoms. The van der Waals surface area contributed by atoms with E-state index in [1.807, 2.05) is 0 Å². The van der Waals surface area contributed by atoms with Crippen molar-refractivity contribution in [1.82, 2.24) is 0 Å². The Kier molecular flexibility index (Phi) is 63.0. The van der Waals surface area contributed by atoms with Crippen LogP contribution in [0.15, 0.2) is 0 Å². The second-order valence-electron chi connectivity index (χ2n) is 26.1. The number of ether oxygens (including phenoxy) is 4. The fraction of sp³-hybridized carbons (Fsp3) is 0.944. The number of hydrogen-bond acceptors (Lipinski definition) is 15. The number of rotatable bonds is 71. The third-order valence-corrected chi connectivity index (χ3v) is 18.4. The fourth-order valence-electron chi connectivity index (χ4n) is 10.8. The summed E-state index contributed by atoms with van der Waals surface area (Å²) in [5, 5.41) is 10.6. The molecule has 0 aromatic rings. The summed E-state index contributed by atoms with van der Waals surface area (Å²) in [5.41, 5.74) is 0. The molecule has 5 atom stereocenters. The third kappa shape index (κ3) is 64.8. The van der Waals surface area contributed by atoms with E-state index < -0.39 is 97.5 Å². The van der Waals surface area contributed by atoms with Gasteiger partial charge in [0.25, 0.3) is 0 Å². The molecule has 0 bridgehead atoms. The van der Waals surface area contributed by atoms with Crippen LogP contribution >= 0.6 is 15.6 Å². The van der Waals surface area contributed by atoms with Gasteiger partial charge in [0, 0.05) is 25.7 Å². The zero-order valence-electron chi connectivity index (χ0n) is 58.3. The quantitative estimate of drug-likeness (QED) is 0.0222. The number of unbranched alkanes of at least 4 members (excludes halogenated alkanes) is 43. The number of esters is 4. The molecule has 0 aromatic heterocycles. The average Bonchev–Trinajstić information content (AvgIpc) is 3.72. The maximum atomic E-state index is 13.0. The number of carbonyl (C=O) groups excluding carboxylic acids is 4. The van der Waals surface area contributed by atoms with Gasteiger partial charge in [0.2, 0.25) is 0 Å². The van der Waals surface area contributed by atoms with Crippen LogP contribution in [0.25, 0.3) is 0 Å². The van der Waals surface area contributed by atoms with Crippen molar-refractivity contribution in [2.45, 2.75) is 387 Å². The van der Waals surface area contributed by atoms with Crippen LogP contribution in [-0.2, 0) is 65.4 Å². The summed E-state index contributed by atoms with van der Waals surface area (Å²) in [6, 6.07) is 0. The van der Waals surface area contributed by atoms with Gasteiger partial charge in [0.05, 0.1) is 26.4 Å². The van der Waals surface area contributed by atoms with Crippen LogP contribution in [0.4, 0.5) is 0 Å². The second-order valence-corrected chi connectivity index (χ2v) is 29.0. The van der Waals surface area contributed by atoms with E-state index in [0.717, 1.165) is 95.8 Å². The summed E-state index contributed by atoms with van der Waals surface area (Å²) in [4.78, 5) is 72.5. The van der Waals surface area contributed by atoms with Crippen molar-refractivity contribution in [3.63, 3.8) is 0 Å². The molecule has 0 heterocycles. The third-order valence-electron chi connectivity index (χ3n) is 16.5. The topological polar surface area (TPSA) is 237 Å². The van der Waals surface area contributed by atoms with E-state index in [1.165, 1.54) is 193 Å². The Morgan fingerprint density at radius 2 is 0.511 bits per heavy atom. The number of carbonyl (C=O) groups is 4. The van der Waals surface area contributed by atoms with Crippen molar-refractivity contribution in [3.05, 3.63) is 0 Å². The Bertz CT molecular complexity index is 1740. The van der Waals surface area contributed by atoms with Crippen molar-refractivity contribution in [2.24, 2.45) is 5.92 Å². The van der Waals surface area contributed by atoms with E-state index in [2.05, 4.69) is 34.6 Å². The number of phosphoric ester groups is 2. The molecule has 90 heavy (non-hydrogen) atoms. The Hall–Kier alpha value is -1.94. The largest absolute Gasteiger partial charge is 0.472 e. The number of hydrogen-bond donors (Lipinski definition) is 3. The van der Waals surface area contributed by atoms with Gasteiger partial charge in [-0.3, -0.25) is 37.3 Å². The highest BCUT2D eigenvalue weighted by Crippen LogP contribution is 2.45. The molecule has 0 aliphatic heterocycles. The fourth-order valence-corrected chi connectivity index (χ4v) is 12.4. The molecule has 17 nitrogen and oxygen atoms in total. The number of aliphatic hydroxyl groups is 1. The molecule has 0 fully saturated rings. The maximum absolute atomic E-state index is 13.0. The van der Waals surface area contributed by atoms with Crippen LogP contribution in [0.1, 0.15) is 369 Å². The smallest absolute Gasteiger partial charge is 0.462 e. The SMILES string of the molecule is CCCCCCCCCCCCCCCCC(=O)OC[C@H](COP(=O)(O)OC[C@@H](O)COP(=O)(O)OC[C@@H](COC(=O)CCCCCCCCCCC)OC(=O)CCCCCCCCCCCC)OC(=O)CCCCCCCCCCCCCCCCC(C)C. The molecule has 0 saturated heterocycles. The van der Waals surface area contributed by atoms with Gasteiger partial charge in [0.15, 0.2) is 12.2 Å². The summed E-state index contributed by atoms with van der Waals surface area (Å²) in [7, 11) is -9.90. The lowest BCUT2D eigenvalue weighted by Gasteiger charge is -2.21. The van der Waals surface area contributed by atoms with Crippen LogP contribution in [0.2, 0.25) is 0 Å². The monoisotopic (exact) mass is 1320 g/mol. The first kappa shape index (κ1) is 88.1. The summed E-state index contributed by atoms with van der Waals surface area (Å²) < 4.78 is 68.3. The summed E-state index contributed by atoms with van der Waals surface area (Å²) in [5.74, 6) is -1.33. The predicted molar refractivity (Wildman–Crippen MR) is 363 cm³/mol. The zero-order valence-corrected chi connectivity index (χ0v) is 60.1. The highest BCUT2D eigenvalue weighted by molar-refractivity contribution is 7.47. The van der Waals surface area contributed by atoms with Gasteiger partial charge in [-0.15, -0.1) is 0 Å². The van der Waals surface area contributed by atoms with Crippen molar-refractivity contribution >= 4 is 39.5 Å². The molecule has 0 aromatic carbocycles. The minimum Gasteiger partial charge on any atom is -0.462 e. The van der Waals surface area contributed by atoms with Gasteiger partial charge in [-0.2, -0.15) is 0 Å². The highest BCUT2D eigenvalue weighted by Gasteiger charge is 2.30. The Morgan fingerprint density at radius 3 is 0.756 bits per heavy atom. The van der Waals surface area contributed by atoms with Gasteiger partial charge in [-0.25, -0.2) is 9.13 Å². The normalized spacial score (nSPS) is 14.1. The van der Waals surface area contributed by atoms with Crippen molar-refractivity contribution in [2.75, 3.05) is 39.6 Å². The minimum absolute atomic E-state index is 0.107. The first-order chi connectivity index (χ1) is 43.5. The van der Waals surface area contributed by atoms with Crippen LogP contribution in [-0.4, -0.2) is 96.7 Å². The Morgan fingerprint density at radius 1 is 0.300 bits per heavy atom. The van der Waals surface area contributed by atoms with Crippen LogP contribution in [0.3, 0.4) is 0 Å². The molecule has 0 amide bonds. The molecule has 0 aliphatic carbocycles. The highest BCUT2D eigenvalue weighted by atomic mass is 31.2. The Labute approximate surface area is 549 Å². The Balaban J connectivity index is 5.22. The molecule has 0 spiro atoms. The summed E-state index contributed by atoms with van der Waals surface area (Å²) >= 11 is 0. The van der Waals surface area contributed by atoms with Gasteiger partial charge < -0.3 is 33.8 Å². The average molecular weight is 1330 g/mol. The first-order valence-corrected chi connectivity index (χ1v) is 40.1. The van der Waals surface area contributed by atoms with Gasteiger partial charge in [-0.05, 0) is 31.6 Å². The molecule has 0 aliphatic rings. The zero-order chi connectivity index (χ0) is 66.3. The van der Waals surface area contributed by atoms with Crippen molar-refractivity contribution in [3.8, 4) is 0 Å². The van der Waals surface area contributed by atoms with E-state index in [4.69, 9.17) is 37.0 Å². The second kappa shape index (κ2) is 64.4. The summed E-state index contributed by atoms with van der Waals surface area (Å²) in [6.45, 7) is 7.26. The van der Waals surface area contributed by atoms with Crippen molar-refractivity contribution < 1.29 is 80.2 Å². The molecule has 2 unspecified atom stereocenters. The van der Waals surface area contributed by atoms with Crippen molar-refractivity contribution in [1.29, 1.82) is 0 Å². The summed E-state index contributed by atoms with van der Waals surface area (Å²) in [6.07, 6.45) is 51.2. The van der Waals surface area contributed by atoms with Gasteiger partial charge in [0.1, 0.15) is 19.3 Å². The molecule has 0 saturated carbocycles. The standard InChI is InChI=1S/C71H138O17P2/c1-6-9-12-15-18-21-23-24-28-31-36-40-45-50-55-69(74)82-61-67(88-71(76)57-52-47-42-37-32-29-26-25-27-30-34-38-43-48-53-64(4)5)63-86-90(79,80)84-59-65(72)58-83-89(77,78)85-62-66(60-81-68(73)54-49-44-39-33-20-17-14-11-8-3)87-70(75)56-51-46-41-35-22-19-16-13-10-7-2/h64-67,72H,6-63H2,1-5H3,(H,77,78)(H,79,80)/t65-,66+,67+/m0/s1. The predicted octanol–water partition coefficient (Wildman–Crippen LogP) is 20.5. The molecule has 534 valence electrons. The van der Waals surface area contributed by atoms with Gasteiger partial charge in [-0.1, -0.05) is 317 Å². The van der Waals surface area contributed by atoms with E-state index in [9.17, 15) is 43.2 Å². The van der Waals surface area contributed by atoms with Gasteiger partial charge >= 0.3 is 39.5 Å². The van der Waals surface area contributed by atoms with Crippen LogP contribution < -0.4 is 0 Å². The lowest BCUT2D eigenvalue weighted by Crippen LogP contribution is -2.30. The number of phosphoric acid groups is 2. The minimum atomic E-state index is -4.95. The van der Waals surface area contributed by atoms with E-state index in [0.29, 0.717) is 25.7 Å².